The van der Waals surface area contributed by atoms with Crippen LogP contribution in [0.4, 0.5) is 0 Å². The quantitative estimate of drug-likeness (QED) is 0.721. The number of hydrogen-bond acceptors (Lipinski definition) is 5. The second kappa shape index (κ2) is 5.20. The Hall–Kier alpha value is -0.790. The molecule has 6 nitrogen and oxygen atoms in total. The van der Waals surface area contributed by atoms with Crippen molar-refractivity contribution < 1.29 is 9.59 Å². The molecule has 0 aromatic heterocycles. The van der Waals surface area contributed by atoms with Crippen molar-refractivity contribution in [2.75, 3.05) is 25.4 Å². The Morgan fingerprint density at radius 1 is 1.35 bits per heavy atom. The van der Waals surface area contributed by atoms with Gasteiger partial charge in [0.05, 0.1) is 5.37 Å². The van der Waals surface area contributed by atoms with E-state index >= 15 is 0 Å². The first-order chi connectivity index (χ1) is 9.51. The Labute approximate surface area is 123 Å². The molecule has 3 fully saturated rings. The molecule has 4 N–H and O–H groups in total. The first-order valence-corrected chi connectivity index (χ1v) is 8.31. The largest absolute Gasteiger partial charge is 0.368 e. The first-order valence-electron chi connectivity index (χ1n) is 7.26. The van der Waals surface area contributed by atoms with Crippen LogP contribution < -0.4 is 11.5 Å². The Kier molecular flexibility index (Phi) is 3.68. The molecule has 0 aliphatic carbocycles. The molecular weight excluding hydrogens is 276 g/mol. The number of carbonyl (C=O) groups is 2. The Morgan fingerprint density at radius 3 is 2.70 bits per heavy atom. The molecule has 20 heavy (non-hydrogen) atoms. The van der Waals surface area contributed by atoms with Crippen LogP contribution in [0.15, 0.2) is 0 Å². The molecule has 0 bridgehead atoms. The second-order valence-electron chi connectivity index (χ2n) is 6.12. The maximum absolute atomic E-state index is 12.7. The zero-order valence-corrected chi connectivity index (χ0v) is 12.4. The monoisotopic (exact) mass is 298 g/mol. The van der Waals surface area contributed by atoms with Crippen LogP contribution in [0.25, 0.3) is 0 Å². The molecule has 0 spiro atoms. The molecule has 3 aliphatic rings. The lowest BCUT2D eigenvalue weighted by molar-refractivity contribution is -0.138. The molecular formula is C13H22N4O2S. The summed E-state index contributed by atoms with van der Waals surface area (Å²) in [5.74, 6) is 0.0865. The normalized spacial score (nSPS) is 38.2. The van der Waals surface area contributed by atoms with E-state index in [0.29, 0.717) is 18.7 Å². The summed E-state index contributed by atoms with van der Waals surface area (Å²) in [6.07, 6.45) is 4.24. The number of rotatable bonds is 3. The Morgan fingerprint density at radius 2 is 2.05 bits per heavy atom. The number of thioether (sulfide) groups is 1. The molecule has 3 atom stereocenters. The van der Waals surface area contributed by atoms with Gasteiger partial charge in [0.1, 0.15) is 11.6 Å². The summed E-state index contributed by atoms with van der Waals surface area (Å²) in [5, 5.41) is 0.0230. The van der Waals surface area contributed by atoms with Crippen LogP contribution in [-0.2, 0) is 9.59 Å². The number of amides is 2. The first kappa shape index (κ1) is 14.2. The standard InChI is InChI=1S/C13H22N4O2S/c14-11(18)9-7-20-10-6-13(15,12(19)17(9)10)8-16-4-2-1-3-5-16/h9-10H,1-8,15H2,(H2,14,18). The van der Waals surface area contributed by atoms with Gasteiger partial charge in [-0.1, -0.05) is 6.42 Å². The van der Waals surface area contributed by atoms with Crippen molar-refractivity contribution in [3.63, 3.8) is 0 Å². The minimum atomic E-state index is -0.844. The lowest BCUT2D eigenvalue weighted by atomic mass is 9.97. The van der Waals surface area contributed by atoms with Crippen molar-refractivity contribution in [3.8, 4) is 0 Å². The third-order valence-electron chi connectivity index (χ3n) is 4.57. The highest BCUT2D eigenvalue weighted by atomic mass is 32.2. The number of primary amides is 1. The molecule has 112 valence electrons. The van der Waals surface area contributed by atoms with Crippen LogP contribution in [-0.4, -0.2) is 64.0 Å². The van der Waals surface area contributed by atoms with Crippen molar-refractivity contribution in [1.82, 2.24) is 9.80 Å². The maximum atomic E-state index is 12.7. The van der Waals surface area contributed by atoms with Crippen molar-refractivity contribution in [2.45, 2.75) is 42.6 Å². The van der Waals surface area contributed by atoms with Crippen LogP contribution in [0.5, 0.6) is 0 Å². The number of piperidine rings is 1. The zero-order valence-electron chi connectivity index (χ0n) is 11.6. The van der Waals surface area contributed by atoms with E-state index in [1.807, 2.05) is 0 Å². The van der Waals surface area contributed by atoms with Gasteiger partial charge < -0.3 is 21.3 Å². The molecule has 3 heterocycles. The zero-order chi connectivity index (χ0) is 14.3. The second-order valence-corrected chi connectivity index (χ2v) is 7.33. The summed E-state index contributed by atoms with van der Waals surface area (Å²) < 4.78 is 0. The molecule has 7 heteroatoms. The van der Waals surface area contributed by atoms with Crippen molar-refractivity contribution in [3.05, 3.63) is 0 Å². The summed E-state index contributed by atoms with van der Waals surface area (Å²) >= 11 is 1.62. The predicted molar refractivity (Wildman–Crippen MR) is 77.9 cm³/mol. The highest BCUT2D eigenvalue weighted by Gasteiger charge is 2.56. The highest BCUT2D eigenvalue weighted by molar-refractivity contribution is 8.00. The van der Waals surface area contributed by atoms with Crippen molar-refractivity contribution in [1.29, 1.82) is 0 Å². The van der Waals surface area contributed by atoms with Crippen molar-refractivity contribution >= 4 is 23.6 Å². The fourth-order valence-corrected chi connectivity index (χ4v) is 5.06. The minimum absolute atomic E-state index is 0.0230. The summed E-state index contributed by atoms with van der Waals surface area (Å²) in [6.45, 7) is 2.64. The van der Waals surface area contributed by atoms with Crippen LogP contribution >= 0.6 is 11.8 Å². The van der Waals surface area contributed by atoms with E-state index in [1.54, 1.807) is 16.7 Å². The van der Waals surface area contributed by atoms with Gasteiger partial charge in [-0.15, -0.1) is 11.8 Å². The van der Waals surface area contributed by atoms with Gasteiger partial charge in [-0.25, -0.2) is 0 Å². The summed E-state index contributed by atoms with van der Waals surface area (Å²) in [5.41, 5.74) is 10.9. The molecule has 0 aromatic rings. The number of nitrogens with two attached hydrogens (primary N) is 2. The molecule has 3 saturated heterocycles. The number of hydrogen-bond donors (Lipinski definition) is 2. The molecule has 3 rings (SSSR count). The molecule has 3 unspecified atom stereocenters. The van der Waals surface area contributed by atoms with E-state index in [-0.39, 0.29) is 11.3 Å². The maximum Gasteiger partial charge on any atom is 0.245 e. The average Bonchev–Trinajstić information content (AvgIpc) is 2.91. The lowest BCUT2D eigenvalue weighted by Gasteiger charge is -2.34. The predicted octanol–water partition coefficient (Wildman–Crippen LogP) is -0.671. The highest BCUT2D eigenvalue weighted by Crippen LogP contribution is 2.41. The molecule has 0 radical (unpaired) electrons. The molecule has 3 aliphatic heterocycles. The summed E-state index contributed by atoms with van der Waals surface area (Å²) in [4.78, 5) is 28.0. The van der Waals surface area contributed by atoms with E-state index in [9.17, 15) is 9.59 Å². The SMILES string of the molecule is NC(=O)C1CSC2CC(N)(CN3CCCCC3)C(=O)N21. The topological polar surface area (TPSA) is 92.7 Å². The van der Waals surface area contributed by atoms with Crippen LogP contribution in [0, 0.1) is 0 Å². The average molecular weight is 298 g/mol. The minimum Gasteiger partial charge on any atom is -0.368 e. The van der Waals surface area contributed by atoms with Gasteiger partial charge in [0, 0.05) is 18.7 Å². The van der Waals surface area contributed by atoms with Gasteiger partial charge in [0.25, 0.3) is 0 Å². The van der Waals surface area contributed by atoms with E-state index < -0.39 is 17.5 Å². The van der Waals surface area contributed by atoms with E-state index in [1.165, 1.54) is 19.3 Å². The van der Waals surface area contributed by atoms with Gasteiger partial charge in [0.15, 0.2) is 0 Å². The third-order valence-corrected chi connectivity index (χ3v) is 5.86. The van der Waals surface area contributed by atoms with Gasteiger partial charge in [-0.3, -0.25) is 9.59 Å². The van der Waals surface area contributed by atoms with E-state index in [0.717, 1.165) is 13.1 Å². The third kappa shape index (κ3) is 2.31. The van der Waals surface area contributed by atoms with Gasteiger partial charge >= 0.3 is 0 Å². The molecule has 2 amide bonds. The van der Waals surface area contributed by atoms with Crippen molar-refractivity contribution in [2.24, 2.45) is 11.5 Å². The van der Waals surface area contributed by atoms with Crippen LogP contribution in [0.1, 0.15) is 25.7 Å². The Bertz CT molecular complexity index is 427. The fourth-order valence-electron chi connectivity index (χ4n) is 3.52. The number of nitrogens with zero attached hydrogens (tertiary/aromatic N) is 2. The van der Waals surface area contributed by atoms with Gasteiger partial charge in [0.2, 0.25) is 11.8 Å². The van der Waals surface area contributed by atoms with Gasteiger partial charge in [-0.2, -0.15) is 0 Å². The lowest BCUT2D eigenvalue weighted by Crippen LogP contribution is -2.58. The number of likely N-dealkylation sites (tertiary alicyclic amines) is 1. The smallest absolute Gasteiger partial charge is 0.245 e. The van der Waals surface area contributed by atoms with Crippen LogP contribution in [0.3, 0.4) is 0 Å². The van der Waals surface area contributed by atoms with Gasteiger partial charge in [-0.05, 0) is 25.9 Å². The van der Waals surface area contributed by atoms with Crippen LogP contribution in [0.2, 0.25) is 0 Å². The Balaban J connectivity index is 1.72. The number of carbonyl (C=O) groups excluding carboxylic acids is 2. The molecule has 0 aromatic carbocycles. The summed E-state index contributed by atoms with van der Waals surface area (Å²) in [7, 11) is 0. The number of fused-ring (bicyclic) bond motifs is 1. The fraction of sp³-hybridized carbons (Fsp3) is 0.846. The molecule has 0 saturated carbocycles. The van der Waals surface area contributed by atoms with E-state index in [2.05, 4.69) is 4.90 Å². The summed E-state index contributed by atoms with van der Waals surface area (Å²) in [6, 6.07) is -0.482. The van der Waals surface area contributed by atoms with E-state index in [4.69, 9.17) is 11.5 Å².